The van der Waals surface area contributed by atoms with Crippen LogP contribution in [0.25, 0.3) is 0 Å². The van der Waals surface area contributed by atoms with Crippen molar-refractivity contribution in [3.8, 4) is 0 Å². The van der Waals surface area contributed by atoms with E-state index < -0.39 is 0 Å². The summed E-state index contributed by atoms with van der Waals surface area (Å²) in [6.07, 6.45) is 0.707. The van der Waals surface area contributed by atoms with Gasteiger partial charge in [-0.1, -0.05) is 0 Å². The molecular formula is C8H12INO2. The van der Waals surface area contributed by atoms with Gasteiger partial charge in [-0.05, 0) is 6.07 Å². The third-order valence-corrected chi connectivity index (χ3v) is 1.39. The van der Waals surface area contributed by atoms with Crippen LogP contribution in [0.5, 0.6) is 0 Å². The van der Waals surface area contributed by atoms with Crippen LogP contribution in [0.4, 0.5) is 5.88 Å². The second-order valence-electron chi connectivity index (χ2n) is 3.31. The third-order valence-electron chi connectivity index (χ3n) is 1.39. The predicted molar refractivity (Wildman–Crippen MR) is 43.7 cm³/mol. The molecule has 0 fully saturated rings. The van der Waals surface area contributed by atoms with Crippen LogP contribution in [0.15, 0.2) is 16.5 Å². The van der Waals surface area contributed by atoms with Crippen LogP contribution >= 0.6 is 0 Å². The molecule has 1 heterocycles. The Kier molecular flexibility index (Phi) is 3.92. The molecule has 0 aromatic carbocycles. The molecule has 0 aliphatic heterocycles. The number of halogens is 1. The largest absolute Gasteiger partial charge is 1.00 e. The van der Waals surface area contributed by atoms with E-state index in [2.05, 4.69) is 0 Å². The standard InChI is InChI=1S/C8H12NO2.HI/c1-9(2,3)8-5-4-7(6-10)11-8;/h4-6H,1-3H3;1H/q+1;/p-1. The first-order chi connectivity index (χ1) is 5.04. The minimum Gasteiger partial charge on any atom is -1.00 e. The van der Waals surface area contributed by atoms with E-state index in [9.17, 15) is 4.79 Å². The van der Waals surface area contributed by atoms with Crippen LogP contribution in [0.2, 0.25) is 0 Å². The molecule has 0 spiro atoms. The Bertz CT molecular complexity index is 262. The summed E-state index contributed by atoms with van der Waals surface area (Å²) in [7, 11) is 5.94. The van der Waals surface area contributed by atoms with Crippen molar-refractivity contribution < 1.29 is 33.2 Å². The van der Waals surface area contributed by atoms with Crippen molar-refractivity contribution >= 4 is 12.2 Å². The summed E-state index contributed by atoms with van der Waals surface area (Å²) < 4.78 is 5.79. The lowest BCUT2D eigenvalue weighted by molar-refractivity contribution is -0.00000909. The van der Waals surface area contributed by atoms with Crippen LogP contribution < -0.4 is 28.5 Å². The molecule has 0 amide bonds. The van der Waals surface area contributed by atoms with Gasteiger partial charge >= 0.3 is 0 Å². The number of hydrogen-bond donors (Lipinski definition) is 0. The van der Waals surface area contributed by atoms with E-state index in [1.807, 2.05) is 27.2 Å². The van der Waals surface area contributed by atoms with E-state index in [0.29, 0.717) is 16.5 Å². The maximum atomic E-state index is 10.2. The van der Waals surface area contributed by atoms with Crippen molar-refractivity contribution in [3.05, 3.63) is 17.9 Å². The SMILES string of the molecule is C[N+](C)(C)c1ccc(C=O)o1.[I-]. The summed E-state index contributed by atoms with van der Waals surface area (Å²) in [5.41, 5.74) is 0. The van der Waals surface area contributed by atoms with E-state index in [4.69, 9.17) is 4.42 Å². The number of rotatable bonds is 2. The van der Waals surface area contributed by atoms with E-state index in [0.717, 1.165) is 5.88 Å². The quantitative estimate of drug-likeness (QED) is 0.367. The van der Waals surface area contributed by atoms with Gasteiger partial charge in [-0.15, -0.1) is 0 Å². The smallest absolute Gasteiger partial charge is 0.296 e. The zero-order valence-electron chi connectivity index (χ0n) is 7.37. The fourth-order valence-electron chi connectivity index (χ4n) is 0.766. The lowest BCUT2D eigenvalue weighted by Crippen LogP contribution is -3.00. The van der Waals surface area contributed by atoms with Crippen LogP contribution in [0.1, 0.15) is 10.6 Å². The number of carbonyl (C=O) groups is 1. The first kappa shape index (κ1) is 11.6. The number of carbonyl (C=O) groups excluding carboxylic acids is 1. The maximum Gasteiger partial charge on any atom is 0.296 e. The van der Waals surface area contributed by atoms with Crippen molar-refractivity contribution in [3.63, 3.8) is 0 Å². The summed E-state index contributed by atoms with van der Waals surface area (Å²) in [5.74, 6) is 1.17. The molecule has 0 bridgehead atoms. The van der Waals surface area contributed by atoms with Gasteiger partial charge in [-0.3, -0.25) is 9.28 Å². The van der Waals surface area contributed by atoms with Gasteiger partial charge in [0.05, 0.1) is 21.1 Å². The average molecular weight is 281 g/mol. The van der Waals surface area contributed by atoms with Crippen LogP contribution in [-0.2, 0) is 0 Å². The summed E-state index contributed by atoms with van der Waals surface area (Å²) in [5, 5.41) is 0. The van der Waals surface area contributed by atoms with Crippen molar-refractivity contribution in [2.45, 2.75) is 0 Å². The van der Waals surface area contributed by atoms with Crippen molar-refractivity contribution in [2.24, 2.45) is 0 Å². The first-order valence-corrected chi connectivity index (χ1v) is 3.41. The predicted octanol–water partition coefficient (Wildman–Crippen LogP) is -1.71. The molecule has 1 aromatic heterocycles. The molecule has 1 aromatic rings. The molecule has 0 aliphatic carbocycles. The minimum atomic E-state index is 0. The normalized spacial score (nSPS) is 10.6. The number of quaternary nitrogens is 1. The topological polar surface area (TPSA) is 30.2 Å². The van der Waals surface area contributed by atoms with Crippen LogP contribution in [-0.4, -0.2) is 27.4 Å². The van der Waals surface area contributed by atoms with Gasteiger partial charge in [0, 0.05) is 6.07 Å². The Morgan fingerprint density at radius 2 is 1.92 bits per heavy atom. The van der Waals surface area contributed by atoms with Gasteiger partial charge in [0.25, 0.3) is 5.88 Å². The highest BCUT2D eigenvalue weighted by atomic mass is 127. The van der Waals surface area contributed by atoms with Gasteiger partial charge in [0.15, 0.2) is 12.0 Å². The second kappa shape index (κ2) is 4.04. The molecule has 4 heteroatoms. The highest BCUT2D eigenvalue weighted by Crippen LogP contribution is 2.18. The summed E-state index contributed by atoms with van der Waals surface area (Å²) in [6.45, 7) is 0. The number of nitrogens with zero attached hydrogens (tertiary/aromatic N) is 1. The zero-order chi connectivity index (χ0) is 8.48. The second-order valence-corrected chi connectivity index (χ2v) is 3.31. The molecule has 0 saturated carbocycles. The Morgan fingerprint density at radius 1 is 1.33 bits per heavy atom. The van der Waals surface area contributed by atoms with Gasteiger partial charge in [0.1, 0.15) is 0 Å². The van der Waals surface area contributed by atoms with Crippen molar-refractivity contribution in [1.29, 1.82) is 0 Å². The third kappa shape index (κ3) is 2.60. The van der Waals surface area contributed by atoms with Crippen molar-refractivity contribution in [2.75, 3.05) is 21.1 Å². The summed E-state index contributed by atoms with van der Waals surface area (Å²) in [4.78, 5) is 10.2. The van der Waals surface area contributed by atoms with Gasteiger partial charge < -0.3 is 28.4 Å². The van der Waals surface area contributed by atoms with E-state index in [1.165, 1.54) is 0 Å². The molecule has 68 valence electrons. The summed E-state index contributed by atoms with van der Waals surface area (Å²) >= 11 is 0. The highest BCUT2D eigenvalue weighted by molar-refractivity contribution is 5.71. The van der Waals surface area contributed by atoms with Gasteiger partial charge in [-0.2, -0.15) is 0 Å². The average Bonchev–Trinajstić information content (AvgIpc) is 2.32. The van der Waals surface area contributed by atoms with Crippen LogP contribution in [0.3, 0.4) is 0 Å². The monoisotopic (exact) mass is 281 g/mol. The van der Waals surface area contributed by atoms with Gasteiger partial charge in [0.2, 0.25) is 0 Å². The minimum absolute atomic E-state index is 0. The molecule has 1 rings (SSSR count). The molecule has 0 N–H and O–H groups in total. The zero-order valence-corrected chi connectivity index (χ0v) is 9.53. The number of aldehydes is 1. The van der Waals surface area contributed by atoms with Crippen molar-refractivity contribution in [1.82, 2.24) is 4.48 Å². The molecule has 0 radical (unpaired) electrons. The molecule has 12 heavy (non-hydrogen) atoms. The molecule has 0 atom stereocenters. The fourth-order valence-corrected chi connectivity index (χ4v) is 0.766. The summed E-state index contributed by atoms with van der Waals surface area (Å²) in [6, 6.07) is 3.48. The highest BCUT2D eigenvalue weighted by Gasteiger charge is 2.16. The fraction of sp³-hybridized carbons (Fsp3) is 0.375. The van der Waals surface area contributed by atoms with Crippen LogP contribution in [0, 0.1) is 0 Å². The Labute approximate surface area is 89.0 Å². The lowest BCUT2D eigenvalue weighted by Gasteiger charge is -2.18. The molecule has 0 saturated heterocycles. The molecule has 3 nitrogen and oxygen atoms in total. The maximum absolute atomic E-state index is 10.2. The van der Waals surface area contributed by atoms with E-state index >= 15 is 0 Å². The number of furan rings is 1. The van der Waals surface area contributed by atoms with Gasteiger partial charge in [-0.25, -0.2) is 0 Å². The Morgan fingerprint density at radius 3 is 2.17 bits per heavy atom. The molecular weight excluding hydrogens is 269 g/mol. The lowest BCUT2D eigenvalue weighted by atomic mass is 10.5. The van der Waals surface area contributed by atoms with E-state index in [-0.39, 0.29) is 24.0 Å². The van der Waals surface area contributed by atoms with E-state index in [1.54, 1.807) is 6.07 Å². The Hall–Kier alpha value is -0.360. The number of hydrogen-bond acceptors (Lipinski definition) is 2. The molecule has 0 aliphatic rings. The Balaban J connectivity index is 0.00000121. The first-order valence-electron chi connectivity index (χ1n) is 3.41. The molecule has 0 unspecified atom stereocenters.